The minimum Gasteiger partial charge on any atom is -0.507 e. The van der Waals surface area contributed by atoms with E-state index >= 15 is 0 Å². The first-order chi connectivity index (χ1) is 21.0. The Hall–Kier alpha value is -4.56. The third-order valence-electron chi connectivity index (χ3n) is 6.68. The van der Waals surface area contributed by atoms with Crippen molar-refractivity contribution in [3.05, 3.63) is 91.0 Å². The molecule has 0 atom stereocenters. The number of benzene rings is 4. The lowest BCUT2D eigenvalue weighted by Gasteiger charge is -2.12. The molecule has 0 fully saturated rings. The maximum absolute atomic E-state index is 10.9. The van der Waals surface area contributed by atoms with Crippen LogP contribution in [0.3, 0.4) is 0 Å². The van der Waals surface area contributed by atoms with E-state index in [0.717, 1.165) is 41.0 Å². The van der Waals surface area contributed by atoms with Crippen LogP contribution in [0.5, 0.6) is 23.0 Å². The summed E-state index contributed by atoms with van der Waals surface area (Å²) in [5.74, 6) is 2.12. The van der Waals surface area contributed by atoms with Crippen molar-refractivity contribution < 1.29 is 19.7 Å². The monoisotopic (exact) mass is 593 g/mol. The van der Waals surface area contributed by atoms with Crippen LogP contribution in [0, 0.1) is 0 Å². The Morgan fingerprint density at radius 3 is 1.56 bits per heavy atom. The van der Waals surface area contributed by atoms with Crippen LogP contribution in [0.2, 0.25) is 0 Å². The quantitative estimate of drug-likeness (QED) is 0.131. The van der Waals surface area contributed by atoms with E-state index in [9.17, 15) is 10.2 Å². The first-order valence-corrected chi connectivity index (χ1v) is 15.4. The van der Waals surface area contributed by atoms with Gasteiger partial charge in [0.25, 0.3) is 0 Å². The van der Waals surface area contributed by atoms with Crippen LogP contribution >= 0.6 is 11.8 Å². The van der Waals surface area contributed by atoms with Gasteiger partial charge in [-0.25, -0.2) is 15.0 Å². The number of ether oxygens (including phenoxy) is 2. The van der Waals surface area contributed by atoms with E-state index in [1.807, 2.05) is 42.5 Å². The Morgan fingerprint density at radius 2 is 1.07 bits per heavy atom. The molecule has 43 heavy (non-hydrogen) atoms. The highest BCUT2D eigenvalue weighted by atomic mass is 32.2. The van der Waals surface area contributed by atoms with Crippen LogP contribution in [0.25, 0.3) is 34.2 Å². The number of aromatic nitrogens is 3. The summed E-state index contributed by atoms with van der Waals surface area (Å²) in [4.78, 5) is 16.4. The van der Waals surface area contributed by atoms with E-state index in [0.29, 0.717) is 41.7 Å². The molecule has 7 nitrogen and oxygen atoms in total. The van der Waals surface area contributed by atoms with Crippen LogP contribution in [0.1, 0.15) is 39.5 Å². The van der Waals surface area contributed by atoms with E-state index in [-0.39, 0.29) is 23.1 Å². The molecule has 5 aromatic rings. The van der Waals surface area contributed by atoms with Gasteiger partial charge in [0, 0.05) is 27.5 Å². The largest absolute Gasteiger partial charge is 0.507 e. The van der Waals surface area contributed by atoms with Crippen molar-refractivity contribution in [3.8, 4) is 57.2 Å². The molecule has 5 rings (SSSR count). The summed E-state index contributed by atoms with van der Waals surface area (Å²) in [5, 5.41) is 21.9. The normalized spacial score (nSPS) is 10.9. The average Bonchev–Trinajstić information content (AvgIpc) is 3.02. The fourth-order valence-corrected chi connectivity index (χ4v) is 5.13. The van der Waals surface area contributed by atoms with Crippen LogP contribution < -0.4 is 9.47 Å². The molecule has 0 bridgehead atoms. The third-order valence-corrected chi connectivity index (χ3v) is 7.70. The molecule has 220 valence electrons. The van der Waals surface area contributed by atoms with Gasteiger partial charge in [0.05, 0.1) is 24.3 Å². The Bertz CT molecular complexity index is 1570. The standard InChI is InChI=1S/C35H35N3O4S/c1-3-5-20-41-25-14-18-29(31(39)22-25)34-36-33(24-12-16-28(17-13-24)43-27-10-8-7-9-11-27)37-35(38-34)30-19-15-26(23-32(30)40)42-21-6-4-2/h7-19,22-23,39-40H,3-6,20-21H2,1-2H3. The Labute approximate surface area is 256 Å². The molecule has 0 saturated carbocycles. The molecule has 0 spiro atoms. The zero-order chi connectivity index (χ0) is 30.0. The maximum atomic E-state index is 10.9. The summed E-state index contributed by atoms with van der Waals surface area (Å²) < 4.78 is 11.5. The van der Waals surface area contributed by atoms with Gasteiger partial charge in [-0.1, -0.05) is 68.8 Å². The summed E-state index contributed by atoms with van der Waals surface area (Å²) in [6.07, 6.45) is 3.89. The predicted octanol–water partition coefficient (Wildman–Crippen LogP) is 8.79. The van der Waals surface area contributed by atoms with Gasteiger partial charge in [0.1, 0.15) is 23.0 Å². The highest BCUT2D eigenvalue weighted by molar-refractivity contribution is 7.99. The van der Waals surface area contributed by atoms with Gasteiger partial charge in [-0.05, 0) is 61.4 Å². The molecule has 8 heteroatoms. The first-order valence-electron chi connectivity index (χ1n) is 14.6. The summed E-state index contributed by atoms with van der Waals surface area (Å²) in [6, 6.07) is 28.4. The smallest absolute Gasteiger partial charge is 0.167 e. The van der Waals surface area contributed by atoms with Gasteiger partial charge >= 0.3 is 0 Å². The molecule has 1 aromatic heterocycles. The number of phenols is 2. The van der Waals surface area contributed by atoms with Crippen molar-refractivity contribution in [2.75, 3.05) is 13.2 Å². The molecule has 0 radical (unpaired) electrons. The number of hydrogen-bond acceptors (Lipinski definition) is 8. The minimum atomic E-state index is -0.00407. The molecule has 0 saturated heterocycles. The summed E-state index contributed by atoms with van der Waals surface area (Å²) in [5.41, 5.74) is 1.64. The lowest BCUT2D eigenvalue weighted by atomic mass is 10.1. The third kappa shape index (κ3) is 7.84. The molecule has 0 amide bonds. The fraction of sp³-hybridized carbons (Fsp3) is 0.229. The zero-order valence-corrected chi connectivity index (χ0v) is 25.2. The van der Waals surface area contributed by atoms with Crippen LogP contribution in [0.4, 0.5) is 0 Å². The van der Waals surface area contributed by atoms with Gasteiger partial charge in [-0.2, -0.15) is 0 Å². The van der Waals surface area contributed by atoms with E-state index in [2.05, 4.69) is 31.0 Å². The van der Waals surface area contributed by atoms with Gasteiger partial charge in [0.15, 0.2) is 17.5 Å². The predicted molar refractivity (Wildman–Crippen MR) is 171 cm³/mol. The zero-order valence-electron chi connectivity index (χ0n) is 24.4. The second-order valence-electron chi connectivity index (χ2n) is 10.0. The molecule has 0 unspecified atom stereocenters. The highest BCUT2D eigenvalue weighted by Crippen LogP contribution is 2.36. The Balaban J connectivity index is 1.51. The van der Waals surface area contributed by atoms with Crippen molar-refractivity contribution in [1.29, 1.82) is 0 Å². The number of phenolic OH excluding ortho intramolecular Hbond substituents is 2. The molecule has 4 aromatic carbocycles. The number of aromatic hydroxyl groups is 2. The number of unbranched alkanes of at least 4 members (excludes halogenated alkanes) is 2. The number of nitrogens with zero attached hydrogens (tertiary/aromatic N) is 3. The van der Waals surface area contributed by atoms with Crippen molar-refractivity contribution in [2.24, 2.45) is 0 Å². The summed E-state index contributed by atoms with van der Waals surface area (Å²) in [6.45, 7) is 5.34. The average molecular weight is 594 g/mol. The molecule has 2 N–H and O–H groups in total. The second kappa shape index (κ2) is 14.6. The molecular weight excluding hydrogens is 558 g/mol. The molecule has 0 aliphatic carbocycles. The second-order valence-corrected chi connectivity index (χ2v) is 11.2. The van der Waals surface area contributed by atoms with Crippen LogP contribution in [-0.4, -0.2) is 38.4 Å². The minimum absolute atomic E-state index is 0.00407. The summed E-state index contributed by atoms with van der Waals surface area (Å²) in [7, 11) is 0. The van der Waals surface area contributed by atoms with Crippen LogP contribution in [0.15, 0.2) is 101 Å². The van der Waals surface area contributed by atoms with Crippen molar-refractivity contribution in [1.82, 2.24) is 15.0 Å². The van der Waals surface area contributed by atoms with E-state index in [1.165, 1.54) is 0 Å². The highest BCUT2D eigenvalue weighted by Gasteiger charge is 2.18. The number of rotatable bonds is 13. The molecular formula is C35H35N3O4S. The van der Waals surface area contributed by atoms with Gasteiger partial charge < -0.3 is 19.7 Å². The fourth-order valence-electron chi connectivity index (χ4n) is 4.29. The van der Waals surface area contributed by atoms with E-state index in [1.54, 1.807) is 48.2 Å². The SMILES string of the molecule is CCCCOc1ccc(-c2nc(-c3ccc(Sc4ccccc4)cc3)nc(-c3ccc(OCCCC)cc3O)n2)c(O)c1. The maximum Gasteiger partial charge on any atom is 0.167 e. The van der Waals surface area contributed by atoms with Crippen molar-refractivity contribution >= 4 is 11.8 Å². The van der Waals surface area contributed by atoms with Crippen LogP contribution in [-0.2, 0) is 0 Å². The van der Waals surface area contributed by atoms with Gasteiger partial charge in [0.2, 0.25) is 0 Å². The number of hydrogen-bond donors (Lipinski definition) is 2. The Morgan fingerprint density at radius 1 is 0.581 bits per heavy atom. The molecule has 0 aliphatic rings. The molecule has 0 aliphatic heterocycles. The van der Waals surface area contributed by atoms with Gasteiger partial charge in [-0.15, -0.1) is 0 Å². The lowest BCUT2D eigenvalue weighted by molar-refractivity contribution is 0.307. The van der Waals surface area contributed by atoms with Crippen molar-refractivity contribution in [2.45, 2.75) is 49.3 Å². The summed E-state index contributed by atoms with van der Waals surface area (Å²) >= 11 is 1.67. The lowest BCUT2D eigenvalue weighted by Crippen LogP contribution is -2.01. The Kier molecular flexibility index (Phi) is 10.1. The van der Waals surface area contributed by atoms with Crippen molar-refractivity contribution in [3.63, 3.8) is 0 Å². The van der Waals surface area contributed by atoms with E-state index < -0.39 is 0 Å². The van der Waals surface area contributed by atoms with E-state index in [4.69, 9.17) is 19.4 Å². The topological polar surface area (TPSA) is 97.6 Å². The molecule has 1 heterocycles. The van der Waals surface area contributed by atoms with Gasteiger partial charge in [-0.3, -0.25) is 0 Å². The first kappa shape index (κ1) is 29.9.